The van der Waals surface area contributed by atoms with Crippen LogP contribution in [0.4, 0.5) is 0 Å². The molecule has 1 heterocycles. The molecule has 2 atom stereocenters. The Kier molecular flexibility index (Phi) is 6.72. The highest BCUT2D eigenvalue weighted by Gasteiger charge is 2.36. The topological polar surface area (TPSA) is 61.4 Å². The standard InChI is InChI=1S/C13H25BN2O2/c1-15-13(12(17)18,7-2-3-9-14)8-6-11-5-4-10-16-11/h11,15-16H,2-10H2,1H3,(H,17,18)/t11-,13?/m0/s1. The van der Waals surface area contributed by atoms with E-state index in [1.165, 1.54) is 12.8 Å². The van der Waals surface area contributed by atoms with Crippen molar-refractivity contribution in [1.29, 1.82) is 0 Å². The van der Waals surface area contributed by atoms with Crippen molar-refractivity contribution in [2.24, 2.45) is 0 Å². The van der Waals surface area contributed by atoms with E-state index in [0.29, 0.717) is 25.2 Å². The molecule has 0 aliphatic carbocycles. The number of carboxylic acid groups (broad SMARTS) is 1. The number of carboxylic acids is 1. The van der Waals surface area contributed by atoms with Crippen molar-refractivity contribution < 1.29 is 9.90 Å². The minimum absolute atomic E-state index is 0.492. The first-order valence-electron chi connectivity index (χ1n) is 7.00. The van der Waals surface area contributed by atoms with Crippen LogP contribution in [0, 0.1) is 0 Å². The predicted octanol–water partition coefficient (Wildman–Crippen LogP) is 1.32. The maximum absolute atomic E-state index is 11.5. The summed E-state index contributed by atoms with van der Waals surface area (Å²) < 4.78 is 0. The largest absolute Gasteiger partial charge is 0.480 e. The first-order chi connectivity index (χ1) is 8.64. The van der Waals surface area contributed by atoms with Crippen molar-refractivity contribution in [3.8, 4) is 0 Å². The van der Waals surface area contributed by atoms with Crippen LogP contribution >= 0.6 is 0 Å². The van der Waals surface area contributed by atoms with Crippen molar-refractivity contribution >= 4 is 13.8 Å². The summed E-state index contributed by atoms with van der Waals surface area (Å²) in [6.07, 6.45) is 7.02. The molecule has 0 amide bonds. The lowest BCUT2D eigenvalue weighted by molar-refractivity contribution is -0.145. The van der Waals surface area contributed by atoms with Crippen molar-refractivity contribution in [2.45, 2.75) is 62.8 Å². The summed E-state index contributed by atoms with van der Waals surface area (Å²) >= 11 is 0. The number of nitrogens with one attached hydrogen (secondary N) is 2. The van der Waals surface area contributed by atoms with Crippen LogP contribution in [0.2, 0.25) is 6.32 Å². The summed E-state index contributed by atoms with van der Waals surface area (Å²) in [4.78, 5) is 11.5. The van der Waals surface area contributed by atoms with Gasteiger partial charge in [-0.15, -0.1) is 0 Å². The lowest BCUT2D eigenvalue weighted by Gasteiger charge is -2.30. The molecule has 18 heavy (non-hydrogen) atoms. The maximum atomic E-state index is 11.5. The van der Waals surface area contributed by atoms with Gasteiger partial charge in [0.15, 0.2) is 0 Å². The second-order valence-corrected chi connectivity index (χ2v) is 5.21. The van der Waals surface area contributed by atoms with E-state index in [9.17, 15) is 9.90 Å². The van der Waals surface area contributed by atoms with Gasteiger partial charge in [0.05, 0.1) is 7.85 Å². The van der Waals surface area contributed by atoms with Gasteiger partial charge >= 0.3 is 5.97 Å². The molecular formula is C13H25BN2O2. The molecule has 1 unspecified atom stereocenters. The molecular weight excluding hydrogens is 227 g/mol. The Morgan fingerprint density at radius 1 is 1.50 bits per heavy atom. The van der Waals surface area contributed by atoms with Crippen LogP contribution in [0.15, 0.2) is 0 Å². The molecule has 0 saturated carbocycles. The number of aliphatic carboxylic acids is 1. The number of hydrogen-bond acceptors (Lipinski definition) is 3. The summed E-state index contributed by atoms with van der Waals surface area (Å²) in [5.74, 6) is -0.736. The minimum Gasteiger partial charge on any atom is -0.480 e. The van der Waals surface area contributed by atoms with E-state index in [2.05, 4.69) is 10.6 Å². The molecule has 0 aromatic carbocycles. The quantitative estimate of drug-likeness (QED) is 0.428. The van der Waals surface area contributed by atoms with Crippen LogP contribution in [0.25, 0.3) is 0 Å². The van der Waals surface area contributed by atoms with Gasteiger partial charge < -0.3 is 15.7 Å². The third-order valence-corrected chi connectivity index (χ3v) is 4.03. The highest BCUT2D eigenvalue weighted by Crippen LogP contribution is 2.24. The first-order valence-corrected chi connectivity index (χ1v) is 7.00. The maximum Gasteiger partial charge on any atom is 0.323 e. The minimum atomic E-state index is -0.778. The SMILES string of the molecule is [B]CCCCC(CC[C@@H]1CCCN1)(NC)C(=O)O. The molecule has 0 aromatic rings. The van der Waals surface area contributed by atoms with Gasteiger partial charge in [-0.05, 0) is 45.7 Å². The third kappa shape index (κ3) is 4.28. The van der Waals surface area contributed by atoms with Gasteiger partial charge in [0.2, 0.25) is 0 Å². The molecule has 102 valence electrons. The lowest BCUT2D eigenvalue weighted by Crippen LogP contribution is -2.51. The molecule has 5 heteroatoms. The molecule has 1 rings (SSSR count). The van der Waals surface area contributed by atoms with Gasteiger partial charge in [-0.2, -0.15) is 0 Å². The third-order valence-electron chi connectivity index (χ3n) is 4.03. The average Bonchev–Trinajstić information content (AvgIpc) is 2.86. The van der Waals surface area contributed by atoms with Gasteiger partial charge in [0.25, 0.3) is 0 Å². The Morgan fingerprint density at radius 3 is 2.78 bits per heavy atom. The van der Waals surface area contributed by atoms with Crippen LogP contribution in [0.3, 0.4) is 0 Å². The molecule has 1 aliphatic rings. The lowest BCUT2D eigenvalue weighted by atomic mass is 9.85. The van der Waals surface area contributed by atoms with Crippen LogP contribution in [-0.4, -0.2) is 44.1 Å². The van der Waals surface area contributed by atoms with Crippen LogP contribution in [0.5, 0.6) is 0 Å². The molecule has 2 radical (unpaired) electrons. The zero-order chi connectivity index (χ0) is 13.4. The van der Waals surface area contributed by atoms with Crippen molar-refractivity contribution in [1.82, 2.24) is 10.6 Å². The van der Waals surface area contributed by atoms with Gasteiger partial charge in [0.1, 0.15) is 5.54 Å². The number of carbonyl (C=O) groups is 1. The summed E-state index contributed by atoms with van der Waals surface area (Å²) in [6.45, 7) is 1.07. The molecule has 0 bridgehead atoms. The van der Waals surface area contributed by atoms with E-state index in [-0.39, 0.29) is 0 Å². The molecule has 3 N–H and O–H groups in total. The number of hydrogen-bond donors (Lipinski definition) is 3. The predicted molar refractivity (Wildman–Crippen MR) is 74.1 cm³/mol. The Bertz CT molecular complexity index is 257. The summed E-state index contributed by atoms with van der Waals surface area (Å²) in [7, 11) is 7.22. The molecule has 1 aliphatic heterocycles. The fourth-order valence-electron chi connectivity index (χ4n) is 2.69. The molecule has 1 saturated heterocycles. The second kappa shape index (κ2) is 7.79. The zero-order valence-corrected chi connectivity index (χ0v) is 11.4. The Hall–Kier alpha value is -0.545. The van der Waals surface area contributed by atoms with Crippen molar-refractivity contribution in [3.05, 3.63) is 0 Å². The van der Waals surface area contributed by atoms with Gasteiger partial charge in [-0.3, -0.25) is 4.79 Å². The smallest absolute Gasteiger partial charge is 0.323 e. The summed E-state index contributed by atoms with van der Waals surface area (Å²) in [6, 6.07) is 0.492. The van der Waals surface area contributed by atoms with Crippen molar-refractivity contribution in [2.75, 3.05) is 13.6 Å². The fraction of sp³-hybridized carbons (Fsp3) is 0.923. The molecule has 0 spiro atoms. The van der Waals surface area contributed by atoms with Gasteiger partial charge in [-0.1, -0.05) is 19.2 Å². The monoisotopic (exact) mass is 252 g/mol. The molecule has 4 nitrogen and oxygen atoms in total. The summed E-state index contributed by atoms with van der Waals surface area (Å²) in [5, 5.41) is 15.9. The normalized spacial score (nSPS) is 22.8. The zero-order valence-electron chi connectivity index (χ0n) is 11.4. The van der Waals surface area contributed by atoms with E-state index in [4.69, 9.17) is 7.85 Å². The number of unbranched alkanes of at least 4 members (excludes halogenated alkanes) is 1. The van der Waals surface area contributed by atoms with Crippen LogP contribution < -0.4 is 10.6 Å². The Labute approximate surface area is 111 Å². The van der Waals surface area contributed by atoms with E-state index >= 15 is 0 Å². The van der Waals surface area contributed by atoms with E-state index in [1.54, 1.807) is 7.05 Å². The average molecular weight is 252 g/mol. The van der Waals surface area contributed by atoms with Crippen LogP contribution in [-0.2, 0) is 4.79 Å². The van der Waals surface area contributed by atoms with Gasteiger partial charge in [0, 0.05) is 6.04 Å². The highest BCUT2D eigenvalue weighted by molar-refractivity contribution is 6.08. The van der Waals surface area contributed by atoms with Gasteiger partial charge in [-0.25, -0.2) is 0 Å². The summed E-state index contributed by atoms with van der Waals surface area (Å²) in [5.41, 5.74) is -0.778. The first kappa shape index (κ1) is 15.5. The van der Waals surface area contributed by atoms with E-state index in [1.807, 2.05) is 0 Å². The Balaban J connectivity index is 2.49. The van der Waals surface area contributed by atoms with Crippen LogP contribution in [0.1, 0.15) is 44.9 Å². The Morgan fingerprint density at radius 2 is 2.28 bits per heavy atom. The second-order valence-electron chi connectivity index (χ2n) is 5.21. The van der Waals surface area contributed by atoms with Crippen molar-refractivity contribution in [3.63, 3.8) is 0 Å². The number of rotatable bonds is 9. The highest BCUT2D eigenvalue weighted by atomic mass is 16.4. The number of likely N-dealkylation sites (N-methyl/N-ethyl adjacent to an activating group) is 1. The fourth-order valence-corrected chi connectivity index (χ4v) is 2.69. The molecule has 1 fully saturated rings. The molecule has 0 aromatic heterocycles. The van der Waals surface area contributed by atoms with E-state index < -0.39 is 11.5 Å². The van der Waals surface area contributed by atoms with E-state index in [0.717, 1.165) is 25.8 Å².